The van der Waals surface area contributed by atoms with Crippen LogP contribution in [-0.2, 0) is 0 Å². The Labute approximate surface area is 33.9 Å². The first-order valence-corrected chi connectivity index (χ1v) is 1.15. The predicted octanol–water partition coefficient (Wildman–Crippen LogP) is -0.125. The minimum absolute atomic E-state index is 0.417. The molecule has 0 aromatic carbocycles. The van der Waals surface area contributed by atoms with E-state index in [9.17, 15) is 10.0 Å². The molecule has 0 radical (unpaired) electrons. The van der Waals surface area contributed by atoms with Gasteiger partial charge in [0.1, 0.15) is 0 Å². The summed E-state index contributed by atoms with van der Waals surface area (Å²) in [6.45, 7) is 2.52. The SMILES string of the molecule is C=[N+]([O-])C(=O)O. The third-order valence-electron chi connectivity index (χ3n) is 0.213. The summed E-state index contributed by atoms with van der Waals surface area (Å²) in [4.78, 5) is 9.25. The van der Waals surface area contributed by atoms with Crippen molar-refractivity contribution in [1.82, 2.24) is 0 Å². The molecule has 1 amide bonds. The molecule has 4 heteroatoms. The molecule has 0 spiro atoms. The van der Waals surface area contributed by atoms with Crippen LogP contribution < -0.4 is 0 Å². The van der Waals surface area contributed by atoms with Gasteiger partial charge in [0.15, 0.2) is 6.72 Å². The van der Waals surface area contributed by atoms with Gasteiger partial charge in [0.05, 0.1) is 0 Å². The quantitative estimate of drug-likeness (QED) is 0.195. The number of rotatable bonds is 0. The molecule has 0 fully saturated rings. The van der Waals surface area contributed by atoms with E-state index >= 15 is 0 Å². The van der Waals surface area contributed by atoms with Crippen LogP contribution in [0.15, 0.2) is 0 Å². The van der Waals surface area contributed by atoms with E-state index in [-0.39, 0.29) is 0 Å². The van der Waals surface area contributed by atoms with Crippen molar-refractivity contribution in [3.05, 3.63) is 5.21 Å². The van der Waals surface area contributed by atoms with Gasteiger partial charge in [-0.25, -0.2) is 0 Å². The average molecular weight is 89.0 g/mol. The second kappa shape index (κ2) is 1.40. The smallest absolute Gasteiger partial charge is 0.605 e. The Morgan fingerprint density at radius 2 is 2.17 bits per heavy atom. The Morgan fingerprint density at radius 1 is 2.00 bits per heavy atom. The second-order valence-electron chi connectivity index (χ2n) is 0.661. The molecule has 0 aliphatic heterocycles. The molecule has 0 unspecified atom stereocenters. The van der Waals surface area contributed by atoms with Gasteiger partial charge in [-0.2, -0.15) is 4.79 Å². The summed E-state index contributed by atoms with van der Waals surface area (Å²) in [5.41, 5.74) is 0. The van der Waals surface area contributed by atoms with Gasteiger partial charge in [-0.15, -0.1) is 4.74 Å². The van der Waals surface area contributed by atoms with Crippen molar-refractivity contribution in [2.45, 2.75) is 0 Å². The monoisotopic (exact) mass is 89.0 g/mol. The van der Waals surface area contributed by atoms with Crippen molar-refractivity contribution in [3.8, 4) is 0 Å². The van der Waals surface area contributed by atoms with Crippen molar-refractivity contribution in [2.24, 2.45) is 0 Å². The number of carbonyl (C=O) groups is 1. The van der Waals surface area contributed by atoms with Crippen LogP contribution in [-0.4, -0.2) is 22.7 Å². The molecular formula is C2H3NO3. The fraction of sp³-hybridized carbons (Fsp3) is 0. The van der Waals surface area contributed by atoms with Gasteiger partial charge in [-0.05, 0) is 0 Å². The summed E-state index contributed by atoms with van der Waals surface area (Å²) in [5, 5.41) is 16.9. The number of hydroxylamine groups is 1. The zero-order chi connectivity index (χ0) is 5.15. The van der Waals surface area contributed by atoms with Crippen LogP contribution in [0.4, 0.5) is 4.79 Å². The van der Waals surface area contributed by atoms with Crippen LogP contribution in [0.3, 0.4) is 0 Å². The number of nitrogens with zero attached hydrogens (tertiary/aromatic N) is 1. The molecular weight excluding hydrogens is 86.0 g/mol. The molecule has 0 rings (SSSR count). The fourth-order valence-electron chi connectivity index (χ4n) is 0. The molecule has 34 valence electrons. The van der Waals surface area contributed by atoms with Crippen LogP contribution in [0.5, 0.6) is 0 Å². The topological polar surface area (TPSA) is 63.4 Å². The molecule has 0 saturated carbocycles. The average Bonchev–Trinajstić information content (AvgIpc) is 1.36. The lowest BCUT2D eigenvalue weighted by Crippen LogP contribution is -2.07. The van der Waals surface area contributed by atoms with Gasteiger partial charge in [0, 0.05) is 0 Å². The Morgan fingerprint density at radius 3 is 2.17 bits per heavy atom. The zero-order valence-electron chi connectivity index (χ0n) is 2.92. The first-order valence-electron chi connectivity index (χ1n) is 1.15. The maximum Gasteiger partial charge on any atom is 0.605 e. The maximum absolute atomic E-state index is 9.35. The molecule has 0 aliphatic carbocycles. The molecule has 0 atom stereocenters. The van der Waals surface area contributed by atoms with Crippen molar-refractivity contribution in [2.75, 3.05) is 0 Å². The van der Waals surface area contributed by atoms with Crippen molar-refractivity contribution in [3.63, 3.8) is 0 Å². The van der Waals surface area contributed by atoms with E-state index in [0.717, 1.165) is 0 Å². The van der Waals surface area contributed by atoms with E-state index in [2.05, 4.69) is 6.72 Å². The molecule has 0 aromatic heterocycles. The molecule has 4 nitrogen and oxygen atoms in total. The first kappa shape index (κ1) is 4.94. The van der Waals surface area contributed by atoms with Gasteiger partial charge in [-0.3, -0.25) is 0 Å². The van der Waals surface area contributed by atoms with E-state index in [1.165, 1.54) is 0 Å². The number of carboxylic acid groups (broad SMARTS) is 1. The third kappa shape index (κ3) is 1.28. The summed E-state index contributed by atoms with van der Waals surface area (Å²) in [7, 11) is 0. The van der Waals surface area contributed by atoms with E-state index in [1.807, 2.05) is 0 Å². The van der Waals surface area contributed by atoms with Gasteiger partial charge < -0.3 is 10.3 Å². The second-order valence-corrected chi connectivity index (χ2v) is 0.661. The highest BCUT2D eigenvalue weighted by Crippen LogP contribution is 1.62. The Kier molecular flexibility index (Phi) is 1.15. The van der Waals surface area contributed by atoms with Crippen molar-refractivity contribution in [1.29, 1.82) is 0 Å². The Balaban J connectivity index is 3.57. The molecule has 0 bridgehead atoms. The van der Waals surface area contributed by atoms with Crippen molar-refractivity contribution >= 4 is 12.8 Å². The van der Waals surface area contributed by atoms with Crippen molar-refractivity contribution < 1.29 is 14.6 Å². The molecule has 0 aromatic rings. The lowest BCUT2D eigenvalue weighted by molar-refractivity contribution is -0.360. The lowest BCUT2D eigenvalue weighted by Gasteiger charge is -1.85. The molecule has 1 N–H and O–H groups in total. The van der Waals surface area contributed by atoms with Crippen LogP contribution in [0.2, 0.25) is 0 Å². The van der Waals surface area contributed by atoms with Gasteiger partial charge in [-0.1, -0.05) is 0 Å². The van der Waals surface area contributed by atoms with Crippen LogP contribution in [0.1, 0.15) is 0 Å². The highest BCUT2D eigenvalue weighted by Gasteiger charge is 1.97. The molecule has 0 saturated heterocycles. The van der Waals surface area contributed by atoms with Gasteiger partial charge >= 0.3 is 6.09 Å². The van der Waals surface area contributed by atoms with E-state index < -0.39 is 10.8 Å². The highest BCUT2D eigenvalue weighted by molar-refractivity contribution is 5.57. The third-order valence-corrected chi connectivity index (χ3v) is 0.213. The lowest BCUT2D eigenvalue weighted by atomic mass is 11.2. The summed E-state index contributed by atoms with van der Waals surface area (Å²) in [6.07, 6.45) is -1.57. The molecule has 6 heavy (non-hydrogen) atoms. The molecule has 0 heterocycles. The zero-order valence-corrected chi connectivity index (χ0v) is 2.92. The normalized spacial score (nSPS) is 7.33. The van der Waals surface area contributed by atoms with Crippen LogP contribution in [0, 0.1) is 5.21 Å². The largest absolute Gasteiger partial charge is 0.614 e. The standard InChI is InChI=1S/C2H3NO3/c1-3(6)2(4)5/h1H2,(H,4,5). The Hall–Kier alpha value is -1.06. The molecule has 0 aliphatic rings. The maximum atomic E-state index is 9.35. The number of hydrogen-bond donors (Lipinski definition) is 1. The minimum atomic E-state index is -1.57. The van der Waals surface area contributed by atoms with Gasteiger partial charge in [0.25, 0.3) is 0 Å². The fourth-order valence-corrected chi connectivity index (χ4v) is 0. The van der Waals surface area contributed by atoms with E-state index in [4.69, 9.17) is 5.11 Å². The van der Waals surface area contributed by atoms with Gasteiger partial charge in [0.2, 0.25) is 0 Å². The summed E-state index contributed by atoms with van der Waals surface area (Å²) in [6, 6.07) is 0. The summed E-state index contributed by atoms with van der Waals surface area (Å²) >= 11 is 0. The number of hydrogen-bond acceptors (Lipinski definition) is 2. The first-order chi connectivity index (χ1) is 2.64. The summed E-state index contributed by atoms with van der Waals surface area (Å²) in [5.74, 6) is 0. The highest BCUT2D eigenvalue weighted by atomic mass is 16.5. The Bertz CT molecular complexity index is 74.8. The summed E-state index contributed by atoms with van der Waals surface area (Å²) < 4.78 is -0.417. The van der Waals surface area contributed by atoms with Crippen LogP contribution in [0.25, 0.3) is 0 Å². The number of amides is 1. The van der Waals surface area contributed by atoms with E-state index in [0.29, 0.717) is 0 Å². The minimum Gasteiger partial charge on any atom is -0.614 e. The van der Waals surface area contributed by atoms with Crippen LogP contribution >= 0.6 is 0 Å². The van der Waals surface area contributed by atoms with E-state index in [1.54, 1.807) is 0 Å². The predicted molar refractivity (Wildman–Crippen MR) is 18.8 cm³/mol.